The maximum Gasteiger partial charge on any atom is 0.338 e. The molecule has 0 unspecified atom stereocenters. The highest BCUT2D eigenvalue weighted by molar-refractivity contribution is 7.99. The maximum atomic E-state index is 13.8. The van der Waals surface area contributed by atoms with E-state index in [1.807, 2.05) is 115 Å². The van der Waals surface area contributed by atoms with E-state index in [-0.39, 0.29) is 0 Å². The molecule has 1 aliphatic heterocycles. The van der Waals surface area contributed by atoms with Gasteiger partial charge in [-0.3, -0.25) is 0 Å². The Morgan fingerprint density at radius 1 is 0.692 bits per heavy atom. The van der Waals surface area contributed by atoms with Crippen molar-refractivity contribution in [1.29, 1.82) is 0 Å². The number of hydrogen-bond acceptors (Lipinski definition) is 7. The van der Waals surface area contributed by atoms with Crippen LogP contribution in [-0.4, -0.2) is 50.7 Å². The van der Waals surface area contributed by atoms with Gasteiger partial charge in [-0.15, -0.1) is 0 Å². The lowest BCUT2D eigenvalue weighted by Gasteiger charge is -2.46. The molecule has 0 radical (unpaired) electrons. The van der Waals surface area contributed by atoms with Gasteiger partial charge >= 0.3 is 5.97 Å². The quantitative estimate of drug-likeness (QED) is 0.0741. The van der Waals surface area contributed by atoms with Crippen molar-refractivity contribution in [3.05, 3.63) is 180 Å². The lowest BCUT2D eigenvalue weighted by atomic mass is 9.99. The Morgan fingerprint density at radius 2 is 1.23 bits per heavy atom. The zero-order valence-corrected chi connectivity index (χ0v) is 31.5. The number of ether oxygens (including phenoxy) is 4. The highest BCUT2D eigenvalue weighted by atomic mass is 32.2. The minimum Gasteiger partial charge on any atom is -0.452 e. The van der Waals surface area contributed by atoms with Crippen molar-refractivity contribution < 1.29 is 28.2 Å². The molecule has 1 aliphatic rings. The highest BCUT2D eigenvalue weighted by Crippen LogP contribution is 2.38. The van der Waals surface area contributed by atoms with Gasteiger partial charge in [0.15, 0.2) is 14.4 Å². The van der Waals surface area contributed by atoms with Crippen LogP contribution in [0.25, 0.3) is 6.08 Å². The Kier molecular flexibility index (Phi) is 13.3. The first-order valence-electron chi connectivity index (χ1n) is 17.7. The minimum absolute atomic E-state index is 0.291. The van der Waals surface area contributed by atoms with Gasteiger partial charge in [0.25, 0.3) is 0 Å². The monoisotopic (exact) mass is 730 g/mol. The summed E-state index contributed by atoms with van der Waals surface area (Å²) >= 11 is 1.51. The van der Waals surface area contributed by atoms with Gasteiger partial charge in [-0.2, -0.15) is 0 Å². The van der Waals surface area contributed by atoms with Gasteiger partial charge in [0.1, 0.15) is 23.7 Å². The van der Waals surface area contributed by atoms with Crippen LogP contribution in [0.2, 0.25) is 13.1 Å². The summed E-state index contributed by atoms with van der Waals surface area (Å²) in [6.07, 6.45) is -0.790. The van der Waals surface area contributed by atoms with Gasteiger partial charge in [0.05, 0.1) is 25.4 Å². The number of benzene rings is 5. The number of hydrogen-bond donors (Lipinski definition) is 0. The Bertz CT molecular complexity index is 1820. The van der Waals surface area contributed by atoms with E-state index in [1.54, 1.807) is 12.1 Å². The Labute approximate surface area is 312 Å². The summed E-state index contributed by atoms with van der Waals surface area (Å²) in [6, 6.07) is 48.4. The van der Waals surface area contributed by atoms with E-state index < -0.39 is 44.1 Å². The van der Waals surface area contributed by atoms with Crippen LogP contribution in [0.1, 0.15) is 32.6 Å². The van der Waals surface area contributed by atoms with Crippen molar-refractivity contribution in [1.82, 2.24) is 0 Å². The molecule has 8 heteroatoms. The molecule has 52 heavy (non-hydrogen) atoms. The number of esters is 1. The summed E-state index contributed by atoms with van der Waals surface area (Å²) < 4.78 is 33.8. The third-order valence-corrected chi connectivity index (χ3v) is 12.3. The molecule has 5 aromatic carbocycles. The van der Waals surface area contributed by atoms with Crippen LogP contribution in [-0.2, 0) is 42.6 Å². The van der Waals surface area contributed by atoms with Crippen LogP contribution in [0.5, 0.6) is 0 Å². The molecule has 0 N–H and O–H groups in total. The summed E-state index contributed by atoms with van der Waals surface area (Å²) in [5.41, 5.74) is 4.16. The molecule has 5 atom stereocenters. The molecule has 0 spiro atoms. The lowest BCUT2D eigenvalue weighted by Crippen LogP contribution is -2.61. The zero-order chi connectivity index (χ0) is 36.2. The van der Waals surface area contributed by atoms with Gasteiger partial charge in [0.2, 0.25) is 0 Å². The van der Waals surface area contributed by atoms with Crippen molar-refractivity contribution in [2.45, 2.75) is 67.1 Å². The van der Waals surface area contributed by atoms with E-state index in [4.69, 9.17) is 23.4 Å². The minimum atomic E-state index is -2.24. The number of carbonyl (C=O) groups excluding carboxylic acids is 1. The third-order valence-electron chi connectivity index (χ3n) is 8.89. The van der Waals surface area contributed by atoms with E-state index in [9.17, 15) is 4.79 Å². The average Bonchev–Trinajstić information content (AvgIpc) is 3.18. The third kappa shape index (κ3) is 10.6. The van der Waals surface area contributed by atoms with Gasteiger partial charge in [-0.1, -0.05) is 146 Å². The van der Waals surface area contributed by atoms with E-state index in [0.29, 0.717) is 25.4 Å². The van der Waals surface area contributed by atoms with Crippen LogP contribution in [0.15, 0.2) is 157 Å². The van der Waals surface area contributed by atoms with Gasteiger partial charge in [-0.05, 0) is 65.7 Å². The van der Waals surface area contributed by atoms with Crippen LogP contribution in [0.4, 0.5) is 0 Å². The fraction of sp³-hybridized carbons (Fsp3) is 0.250. The first-order chi connectivity index (χ1) is 25.4. The molecule has 6 rings (SSSR count). The van der Waals surface area contributed by atoms with Crippen molar-refractivity contribution >= 4 is 32.1 Å². The molecular formula is C44H46O6SSi. The Balaban J connectivity index is 1.33. The molecule has 0 aliphatic carbocycles. The van der Waals surface area contributed by atoms with Crippen LogP contribution >= 0.6 is 11.8 Å². The largest absolute Gasteiger partial charge is 0.452 e. The first kappa shape index (κ1) is 37.5. The molecule has 1 fully saturated rings. The van der Waals surface area contributed by atoms with E-state index in [0.717, 1.165) is 27.6 Å². The van der Waals surface area contributed by atoms with E-state index in [1.165, 1.54) is 17.3 Å². The molecular weight excluding hydrogens is 685 g/mol. The number of carbonyl (C=O) groups is 1. The maximum absolute atomic E-state index is 13.8. The van der Waals surface area contributed by atoms with Crippen LogP contribution < -0.4 is 0 Å². The van der Waals surface area contributed by atoms with Crippen LogP contribution in [0.3, 0.4) is 0 Å². The van der Waals surface area contributed by atoms with Crippen molar-refractivity contribution in [3.63, 3.8) is 0 Å². The molecule has 1 heterocycles. The second-order valence-electron chi connectivity index (χ2n) is 13.4. The molecule has 0 aromatic heterocycles. The zero-order valence-electron chi connectivity index (χ0n) is 29.7. The van der Waals surface area contributed by atoms with E-state index >= 15 is 0 Å². The highest BCUT2D eigenvalue weighted by Gasteiger charge is 2.50. The lowest BCUT2D eigenvalue weighted by molar-refractivity contribution is -0.238. The molecule has 6 nitrogen and oxygen atoms in total. The second-order valence-corrected chi connectivity index (χ2v) is 18.8. The van der Waals surface area contributed by atoms with Crippen molar-refractivity contribution in [3.8, 4) is 0 Å². The average molecular weight is 731 g/mol. The summed E-state index contributed by atoms with van der Waals surface area (Å²) in [5, 5.41) is 0. The SMILES string of the molecule is C=Cc1ccc(C[Si](C)(C)OC[C@H]2O[C@@H](Sc3ccccc3)[C@H](OC(=O)c3ccccc3)[C@@H](OCc3ccccc3)[C@@H]2OCc2ccccc2)cc1. The normalized spacial score (nSPS) is 20.2. The Morgan fingerprint density at radius 3 is 1.81 bits per heavy atom. The number of thioether (sulfide) groups is 1. The molecule has 0 bridgehead atoms. The molecule has 0 amide bonds. The number of rotatable bonds is 16. The summed E-state index contributed by atoms with van der Waals surface area (Å²) in [4.78, 5) is 14.7. The molecule has 268 valence electrons. The van der Waals surface area contributed by atoms with Gasteiger partial charge in [0, 0.05) is 4.90 Å². The second kappa shape index (κ2) is 18.5. The van der Waals surface area contributed by atoms with Crippen molar-refractivity contribution in [2.24, 2.45) is 0 Å². The smallest absolute Gasteiger partial charge is 0.338 e. The standard InChI is InChI=1S/C44H46O6SSi/c1-4-33-25-27-36(28-26-33)32-52(2,3)48-31-39-40(46-29-34-17-9-5-10-18-34)41(47-30-35-19-11-6-12-20-35)42(50-43(45)37-21-13-7-14-22-37)44(49-39)51-38-23-15-8-16-24-38/h4-28,39-42,44H,1,29-32H2,2-3H3/t39-,40-,41+,42-,44+/m1/s1. The van der Waals surface area contributed by atoms with Gasteiger partial charge in [-0.25, -0.2) is 4.79 Å². The summed E-state index contributed by atoms with van der Waals surface area (Å²) in [7, 11) is -2.24. The first-order valence-corrected chi connectivity index (χ1v) is 21.7. The summed E-state index contributed by atoms with van der Waals surface area (Å²) in [5.74, 6) is -0.450. The predicted molar refractivity (Wildman–Crippen MR) is 210 cm³/mol. The van der Waals surface area contributed by atoms with E-state index in [2.05, 4.69) is 43.9 Å². The Hall–Kier alpha value is -4.28. The predicted octanol–water partition coefficient (Wildman–Crippen LogP) is 9.55. The topological polar surface area (TPSA) is 63.2 Å². The molecule has 5 aromatic rings. The fourth-order valence-electron chi connectivity index (χ4n) is 6.18. The van der Waals surface area contributed by atoms with Crippen LogP contribution in [0, 0.1) is 0 Å². The summed E-state index contributed by atoms with van der Waals surface area (Å²) in [6.45, 7) is 9.24. The fourth-order valence-corrected chi connectivity index (χ4v) is 9.24. The van der Waals surface area contributed by atoms with Crippen molar-refractivity contribution in [2.75, 3.05) is 6.61 Å². The molecule has 0 saturated carbocycles. The molecule has 1 saturated heterocycles. The van der Waals surface area contributed by atoms with Gasteiger partial charge < -0.3 is 23.4 Å².